The average Bonchev–Trinajstić information content (AvgIpc) is 2.05. The lowest BCUT2D eigenvalue weighted by Crippen LogP contribution is -2.07. The molecule has 0 saturated heterocycles. The Hall–Kier alpha value is -0.970. The van der Waals surface area contributed by atoms with E-state index >= 15 is 0 Å². The standard InChI is InChI=1S/C7H7BrN2O2/c1-2-12-7(11)6-3-5(8)4-9-10-6/h3-4H,2H2,1H3. The predicted octanol–water partition coefficient (Wildman–Crippen LogP) is 1.42. The fourth-order valence-electron chi connectivity index (χ4n) is 0.648. The number of ether oxygens (including phenoxy) is 1. The minimum Gasteiger partial charge on any atom is -0.461 e. The Labute approximate surface area is 78.1 Å². The molecule has 0 aliphatic carbocycles. The number of halogens is 1. The van der Waals surface area contributed by atoms with Crippen molar-refractivity contribution in [2.45, 2.75) is 6.92 Å². The van der Waals surface area contributed by atoms with E-state index in [1.807, 2.05) is 0 Å². The van der Waals surface area contributed by atoms with E-state index in [1.165, 1.54) is 6.20 Å². The van der Waals surface area contributed by atoms with Crippen molar-refractivity contribution in [2.24, 2.45) is 0 Å². The van der Waals surface area contributed by atoms with Crippen LogP contribution in [-0.2, 0) is 4.74 Å². The summed E-state index contributed by atoms with van der Waals surface area (Å²) in [6, 6.07) is 1.56. The van der Waals surface area contributed by atoms with Gasteiger partial charge >= 0.3 is 5.97 Å². The van der Waals surface area contributed by atoms with E-state index in [-0.39, 0.29) is 5.69 Å². The summed E-state index contributed by atoms with van der Waals surface area (Å²) >= 11 is 3.17. The van der Waals surface area contributed by atoms with Crippen LogP contribution in [0.5, 0.6) is 0 Å². The van der Waals surface area contributed by atoms with Crippen molar-refractivity contribution < 1.29 is 9.53 Å². The largest absolute Gasteiger partial charge is 0.461 e. The van der Waals surface area contributed by atoms with Crippen molar-refractivity contribution in [3.8, 4) is 0 Å². The smallest absolute Gasteiger partial charge is 0.358 e. The highest BCUT2D eigenvalue weighted by Gasteiger charge is 2.08. The molecule has 1 rings (SSSR count). The molecule has 0 spiro atoms. The summed E-state index contributed by atoms with van der Waals surface area (Å²) in [4.78, 5) is 11.1. The third kappa shape index (κ3) is 2.27. The van der Waals surface area contributed by atoms with E-state index in [4.69, 9.17) is 4.74 Å². The third-order valence-electron chi connectivity index (χ3n) is 1.11. The van der Waals surface area contributed by atoms with Gasteiger partial charge in [0.1, 0.15) is 0 Å². The van der Waals surface area contributed by atoms with E-state index in [1.54, 1.807) is 13.0 Å². The lowest BCUT2D eigenvalue weighted by molar-refractivity contribution is 0.0518. The van der Waals surface area contributed by atoms with Crippen LogP contribution >= 0.6 is 15.9 Å². The minimum atomic E-state index is -0.452. The second kappa shape index (κ2) is 4.15. The van der Waals surface area contributed by atoms with Crippen LogP contribution in [0.2, 0.25) is 0 Å². The minimum absolute atomic E-state index is 0.214. The number of nitrogens with zero attached hydrogens (tertiary/aromatic N) is 2. The number of esters is 1. The van der Waals surface area contributed by atoms with Gasteiger partial charge in [-0.05, 0) is 28.9 Å². The van der Waals surface area contributed by atoms with Crippen LogP contribution in [0.1, 0.15) is 17.4 Å². The van der Waals surface area contributed by atoms with Crippen molar-refractivity contribution >= 4 is 21.9 Å². The van der Waals surface area contributed by atoms with Crippen LogP contribution in [-0.4, -0.2) is 22.8 Å². The average molecular weight is 231 g/mol. The molecule has 1 heterocycles. The number of aromatic nitrogens is 2. The summed E-state index contributed by atoms with van der Waals surface area (Å²) in [7, 11) is 0. The van der Waals surface area contributed by atoms with Crippen LogP contribution < -0.4 is 0 Å². The van der Waals surface area contributed by atoms with Crippen molar-refractivity contribution in [1.82, 2.24) is 10.2 Å². The zero-order valence-corrected chi connectivity index (χ0v) is 8.04. The molecule has 64 valence electrons. The Bertz CT molecular complexity index is 290. The van der Waals surface area contributed by atoms with Gasteiger partial charge in [0.25, 0.3) is 0 Å². The van der Waals surface area contributed by atoms with Gasteiger partial charge in [-0.15, -0.1) is 5.10 Å². The normalized spacial score (nSPS) is 9.50. The zero-order chi connectivity index (χ0) is 8.97. The highest BCUT2D eigenvalue weighted by atomic mass is 79.9. The summed E-state index contributed by atoms with van der Waals surface area (Å²) in [6.07, 6.45) is 1.50. The SMILES string of the molecule is CCOC(=O)c1cc(Br)cnn1. The first-order chi connectivity index (χ1) is 5.74. The predicted molar refractivity (Wildman–Crippen MR) is 45.7 cm³/mol. The zero-order valence-electron chi connectivity index (χ0n) is 6.45. The summed E-state index contributed by atoms with van der Waals surface area (Å²) in [5.74, 6) is -0.452. The molecule has 0 saturated carbocycles. The molecule has 0 aromatic carbocycles. The second-order valence-electron chi connectivity index (χ2n) is 1.98. The van der Waals surface area contributed by atoms with E-state index in [0.29, 0.717) is 11.1 Å². The molecule has 0 N–H and O–H groups in total. The van der Waals surface area contributed by atoms with Crippen molar-refractivity contribution in [3.63, 3.8) is 0 Å². The summed E-state index contributed by atoms with van der Waals surface area (Å²) in [5.41, 5.74) is 0.214. The topological polar surface area (TPSA) is 52.1 Å². The van der Waals surface area contributed by atoms with E-state index in [9.17, 15) is 4.79 Å². The first-order valence-electron chi connectivity index (χ1n) is 3.39. The van der Waals surface area contributed by atoms with Gasteiger partial charge in [-0.1, -0.05) is 0 Å². The first-order valence-corrected chi connectivity index (χ1v) is 4.18. The van der Waals surface area contributed by atoms with E-state index in [2.05, 4.69) is 26.1 Å². The Morgan fingerprint density at radius 1 is 1.75 bits per heavy atom. The Balaban J connectivity index is 2.81. The molecule has 0 amide bonds. The highest BCUT2D eigenvalue weighted by molar-refractivity contribution is 9.10. The quantitative estimate of drug-likeness (QED) is 0.722. The molecule has 4 nitrogen and oxygen atoms in total. The van der Waals surface area contributed by atoms with Crippen LogP contribution in [0.15, 0.2) is 16.7 Å². The van der Waals surface area contributed by atoms with Gasteiger partial charge in [0.2, 0.25) is 0 Å². The lowest BCUT2D eigenvalue weighted by Gasteiger charge is -1.98. The molecule has 1 aromatic rings. The maximum Gasteiger partial charge on any atom is 0.358 e. The highest BCUT2D eigenvalue weighted by Crippen LogP contribution is 2.07. The molecule has 12 heavy (non-hydrogen) atoms. The van der Waals surface area contributed by atoms with Crippen LogP contribution in [0.4, 0.5) is 0 Å². The summed E-state index contributed by atoms with van der Waals surface area (Å²) < 4.78 is 5.43. The number of carbonyl (C=O) groups is 1. The monoisotopic (exact) mass is 230 g/mol. The Morgan fingerprint density at radius 3 is 3.08 bits per heavy atom. The van der Waals surface area contributed by atoms with Gasteiger partial charge in [-0.3, -0.25) is 0 Å². The van der Waals surface area contributed by atoms with E-state index < -0.39 is 5.97 Å². The van der Waals surface area contributed by atoms with Crippen LogP contribution in [0, 0.1) is 0 Å². The first kappa shape index (κ1) is 9.12. The summed E-state index contributed by atoms with van der Waals surface area (Å²) in [6.45, 7) is 2.08. The molecule has 0 radical (unpaired) electrons. The van der Waals surface area contributed by atoms with E-state index in [0.717, 1.165) is 0 Å². The molecule has 1 aromatic heterocycles. The number of hydrogen-bond acceptors (Lipinski definition) is 4. The maximum atomic E-state index is 11.1. The molecule has 0 unspecified atom stereocenters. The van der Waals surface area contributed by atoms with Crippen molar-refractivity contribution in [2.75, 3.05) is 6.61 Å². The fourth-order valence-corrected chi connectivity index (χ4v) is 0.956. The molecule has 5 heteroatoms. The maximum absolute atomic E-state index is 11.1. The molecule has 0 fully saturated rings. The second-order valence-corrected chi connectivity index (χ2v) is 2.90. The number of rotatable bonds is 2. The molecular formula is C7H7BrN2O2. The van der Waals surface area contributed by atoms with Gasteiger partial charge in [0.15, 0.2) is 5.69 Å². The summed E-state index contributed by atoms with van der Waals surface area (Å²) in [5, 5.41) is 7.19. The van der Waals surface area contributed by atoms with Crippen molar-refractivity contribution in [1.29, 1.82) is 0 Å². The Morgan fingerprint density at radius 2 is 2.50 bits per heavy atom. The van der Waals surface area contributed by atoms with Gasteiger partial charge in [0.05, 0.1) is 12.8 Å². The van der Waals surface area contributed by atoms with Gasteiger partial charge < -0.3 is 4.74 Å². The number of carbonyl (C=O) groups excluding carboxylic acids is 1. The van der Waals surface area contributed by atoms with Gasteiger partial charge in [-0.2, -0.15) is 5.10 Å². The van der Waals surface area contributed by atoms with Crippen LogP contribution in [0.25, 0.3) is 0 Å². The Kier molecular flexibility index (Phi) is 3.16. The van der Waals surface area contributed by atoms with Gasteiger partial charge in [-0.25, -0.2) is 4.79 Å². The molecule has 0 bridgehead atoms. The molecular weight excluding hydrogens is 224 g/mol. The van der Waals surface area contributed by atoms with Gasteiger partial charge in [0, 0.05) is 4.47 Å². The van der Waals surface area contributed by atoms with Crippen molar-refractivity contribution in [3.05, 3.63) is 22.4 Å². The molecule has 0 aliphatic rings. The van der Waals surface area contributed by atoms with Crippen LogP contribution in [0.3, 0.4) is 0 Å². The molecule has 0 aliphatic heterocycles. The number of hydrogen-bond donors (Lipinski definition) is 0. The third-order valence-corrected chi connectivity index (χ3v) is 1.54. The molecule has 0 atom stereocenters. The fraction of sp³-hybridized carbons (Fsp3) is 0.286. The lowest BCUT2D eigenvalue weighted by atomic mass is 10.4.